The zero-order valence-corrected chi connectivity index (χ0v) is 17.7. The minimum Gasteiger partial charge on any atom is -0.393 e. The Labute approximate surface area is 185 Å². The molecule has 0 unspecified atom stereocenters. The Kier molecular flexibility index (Phi) is 5.78. The summed E-state index contributed by atoms with van der Waals surface area (Å²) in [5.41, 5.74) is -0.448. The van der Waals surface area contributed by atoms with Gasteiger partial charge in [0, 0.05) is 25.1 Å². The number of anilines is 1. The number of nitrogens with one attached hydrogen (secondary N) is 1. The fourth-order valence-corrected chi connectivity index (χ4v) is 3.96. The van der Waals surface area contributed by atoms with Crippen molar-refractivity contribution in [1.29, 1.82) is 0 Å². The molecule has 9 nitrogen and oxygen atoms in total. The van der Waals surface area contributed by atoms with Gasteiger partial charge in [-0.3, -0.25) is 14.3 Å². The van der Waals surface area contributed by atoms with E-state index in [1.165, 1.54) is 16.6 Å². The first kappa shape index (κ1) is 23.0. The summed E-state index contributed by atoms with van der Waals surface area (Å²) in [5.74, 6) is -1.52. The van der Waals surface area contributed by atoms with Crippen molar-refractivity contribution < 1.29 is 37.1 Å². The molecule has 2 N–H and O–H groups in total. The van der Waals surface area contributed by atoms with Crippen molar-refractivity contribution in [1.82, 2.24) is 19.7 Å². The summed E-state index contributed by atoms with van der Waals surface area (Å²) in [6, 6.07) is 0.518. The van der Waals surface area contributed by atoms with Crippen molar-refractivity contribution in [3.63, 3.8) is 0 Å². The molecule has 33 heavy (non-hydrogen) atoms. The quantitative estimate of drug-likeness (QED) is 0.656. The Morgan fingerprint density at radius 3 is 2.76 bits per heavy atom. The number of urea groups is 1. The molecule has 0 bridgehead atoms. The molecule has 4 rings (SSSR count). The lowest BCUT2D eigenvalue weighted by atomic mass is 9.99. The summed E-state index contributed by atoms with van der Waals surface area (Å²) in [7, 11) is 1.40. The molecule has 0 radical (unpaired) electrons. The first-order chi connectivity index (χ1) is 15.5. The molecule has 2 aliphatic rings. The maximum atomic E-state index is 14.1. The van der Waals surface area contributed by atoms with Crippen LogP contribution in [0.1, 0.15) is 34.2 Å². The Hall–Kier alpha value is -3.19. The number of carbonyl (C=O) groups is 2. The van der Waals surface area contributed by atoms with Gasteiger partial charge in [0.15, 0.2) is 0 Å². The lowest BCUT2D eigenvalue weighted by Gasteiger charge is -2.33. The number of fused-ring (bicyclic) bond motifs is 3. The van der Waals surface area contributed by atoms with Crippen LogP contribution in [0.25, 0.3) is 0 Å². The van der Waals surface area contributed by atoms with E-state index in [4.69, 9.17) is 4.84 Å². The summed E-state index contributed by atoms with van der Waals surface area (Å²) >= 11 is 0. The predicted molar refractivity (Wildman–Crippen MR) is 105 cm³/mol. The van der Waals surface area contributed by atoms with Crippen LogP contribution in [0.5, 0.6) is 0 Å². The molecule has 3 amide bonds. The molecule has 2 aliphatic heterocycles. The lowest BCUT2D eigenvalue weighted by Crippen LogP contribution is -2.45. The van der Waals surface area contributed by atoms with E-state index < -0.39 is 47.3 Å². The number of halogens is 4. The summed E-state index contributed by atoms with van der Waals surface area (Å²) in [5, 5.41) is 17.1. The average Bonchev–Trinajstić information content (AvgIpc) is 3.03. The third kappa shape index (κ3) is 4.25. The Bertz CT molecular complexity index is 1100. The van der Waals surface area contributed by atoms with Crippen molar-refractivity contribution >= 4 is 17.6 Å². The van der Waals surface area contributed by atoms with E-state index in [0.717, 1.165) is 5.06 Å². The number of carbonyl (C=O) groups excluding carboxylic acids is 2. The topological polar surface area (TPSA) is 99.9 Å². The number of hydrogen-bond donors (Lipinski definition) is 2. The maximum absolute atomic E-state index is 14.1. The van der Waals surface area contributed by atoms with Gasteiger partial charge in [0.25, 0.3) is 5.91 Å². The molecule has 3 heterocycles. The number of hydrogen-bond acceptors (Lipinski definition) is 5. The SMILES string of the molecule is C[C@@H]1Cc2nn3c(c2CN1C(=O)Nc1cc(C(F)(F)F)ccc1F)C(=O)N(C)O[C@@H](CO)C3. The third-order valence-electron chi connectivity index (χ3n) is 5.66. The van der Waals surface area contributed by atoms with E-state index in [0.29, 0.717) is 29.5 Å². The Balaban J connectivity index is 1.62. The van der Waals surface area contributed by atoms with Crippen LogP contribution in [0.2, 0.25) is 0 Å². The minimum atomic E-state index is -4.70. The first-order valence-corrected chi connectivity index (χ1v) is 10.1. The lowest BCUT2D eigenvalue weighted by molar-refractivity contribution is -0.159. The van der Waals surface area contributed by atoms with E-state index in [1.54, 1.807) is 6.92 Å². The largest absolute Gasteiger partial charge is 0.416 e. The van der Waals surface area contributed by atoms with E-state index in [9.17, 15) is 32.3 Å². The molecule has 13 heteroatoms. The van der Waals surface area contributed by atoms with E-state index in [-0.39, 0.29) is 31.8 Å². The number of rotatable bonds is 2. The normalized spacial score (nSPS) is 20.9. The minimum absolute atomic E-state index is 0.0678. The van der Waals surface area contributed by atoms with Gasteiger partial charge < -0.3 is 15.3 Å². The van der Waals surface area contributed by atoms with E-state index in [1.807, 2.05) is 0 Å². The number of hydroxylamine groups is 2. The van der Waals surface area contributed by atoms with Crippen molar-refractivity contribution in [2.45, 2.75) is 44.8 Å². The summed E-state index contributed by atoms with van der Waals surface area (Å²) in [6.07, 6.45) is -5.12. The third-order valence-corrected chi connectivity index (χ3v) is 5.66. The summed E-state index contributed by atoms with van der Waals surface area (Å²) < 4.78 is 54.5. The van der Waals surface area contributed by atoms with Crippen LogP contribution in [0.15, 0.2) is 18.2 Å². The average molecular weight is 471 g/mol. The molecular formula is C20H21F4N5O4. The maximum Gasteiger partial charge on any atom is 0.416 e. The van der Waals surface area contributed by atoms with E-state index in [2.05, 4.69) is 10.4 Å². The van der Waals surface area contributed by atoms with Gasteiger partial charge in [0.1, 0.15) is 17.6 Å². The molecule has 0 spiro atoms. The van der Waals surface area contributed by atoms with Gasteiger partial charge in [-0.25, -0.2) is 14.2 Å². The number of alkyl halides is 3. The van der Waals surface area contributed by atoms with Crippen molar-refractivity contribution in [2.75, 3.05) is 19.0 Å². The zero-order valence-electron chi connectivity index (χ0n) is 17.7. The van der Waals surface area contributed by atoms with Crippen molar-refractivity contribution in [3.05, 3.63) is 46.5 Å². The molecule has 0 aliphatic carbocycles. The number of aromatic nitrogens is 2. The smallest absolute Gasteiger partial charge is 0.393 e. The summed E-state index contributed by atoms with van der Waals surface area (Å²) in [4.78, 5) is 32.4. The number of nitrogens with zero attached hydrogens (tertiary/aromatic N) is 4. The highest BCUT2D eigenvalue weighted by atomic mass is 19.4. The number of aliphatic hydroxyl groups excluding tert-OH is 1. The Morgan fingerprint density at radius 2 is 2.09 bits per heavy atom. The highest BCUT2D eigenvalue weighted by molar-refractivity contribution is 5.94. The monoisotopic (exact) mass is 471 g/mol. The molecule has 2 atom stereocenters. The van der Waals surface area contributed by atoms with Crippen molar-refractivity contribution in [3.8, 4) is 0 Å². The van der Waals surface area contributed by atoms with Crippen LogP contribution >= 0.6 is 0 Å². The van der Waals surface area contributed by atoms with Gasteiger partial charge in [-0.15, -0.1) is 0 Å². The molecular weight excluding hydrogens is 450 g/mol. The molecule has 1 aromatic carbocycles. The van der Waals surface area contributed by atoms with Gasteiger partial charge in [-0.1, -0.05) is 0 Å². The highest BCUT2D eigenvalue weighted by Crippen LogP contribution is 2.33. The zero-order chi connectivity index (χ0) is 24.1. The second-order valence-electron chi connectivity index (χ2n) is 7.97. The number of aliphatic hydroxyl groups is 1. The van der Waals surface area contributed by atoms with Gasteiger partial charge in [-0.05, 0) is 25.1 Å². The van der Waals surface area contributed by atoms with Gasteiger partial charge >= 0.3 is 12.2 Å². The standard InChI is InChI=1S/C20H21F4N5O4/c1-10-5-15-13(17-18(31)27(2)33-12(9-30)7-29(17)26-15)8-28(10)19(32)25-16-6-11(20(22,23)24)3-4-14(16)21/h3-4,6,10,12,30H,5,7-9H2,1-2H3,(H,25,32)/t10-,12-/m1/s1. The number of amides is 3. The molecule has 1 aromatic heterocycles. The summed E-state index contributed by atoms with van der Waals surface area (Å²) in [6.45, 7) is 1.42. The van der Waals surface area contributed by atoms with Crippen LogP contribution in [-0.2, 0) is 30.5 Å². The van der Waals surface area contributed by atoms with Crippen molar-refractivity contribution in [2.24, 2.45) is 0 Å². The highest BCUT2D eigenvalue weighted by Gasteiger charge is 2.38. The Morgan fingerprint density at radius 1 is 1.36 bits per heavy atom. The first-order valence-electron chi connectivity index (χ1n) is 10.1. The molecule has 0 saturated heterocycles. The number of benzene rings is 1. The van der Waals surface area contributed by atoms with Gasteiger partial charge in [-0.2, -0.15) is 18.3 Å². The van der Waals surface area contributed by atoms with Crippen LogP contribution in [0, 0.1) is 5.82 Å². The molecule has 178 valence electrons. The predicted octanol–water partition coefficient (Wildman–Crippen LogP) is 2.40. The molecule has 0 saturated carbocycles. The van der Waals surface area contributed by atoms with Gasteiger partial charge in [0.05, 0.1) is 36.6 Å². The molecule has 2 aromatic rings. The second kappa shape index (κ2) is 8.30. The van der Waals surface area contributed by atoms with Gasteiger partial charge in [0.2, 0.25) is 0 Å². The molecule has 0 fully saturated rings. The van der Waals surface area contributed by atoms with Crippen LogP contribution in [-0.4, -0.2) is 62.6 Å². The fraction of sp³-hybridized carbons (Fsp3) is 0.450. The fourth-order valence-electron chi connectivity index (χ4n) is 3.96. The van der Waals surface area contributed by atoms with Crippen LogP contribution in [0.3, 0.4) is 0 Å². The van der Waals surface area contributed by atoms with Crippen LogP contribution < -0.4 is 5.32 Å². The second-order valence-corrected chi connectivity index (χ2v) is 7.97. The van der Waals surface area contributed by atoms with E-state index >= 15 is 0 Å². The van der Waals surface area contributed by atoms with Crippen LogP contribution in [0.4, 0.5) is 28.0 Å².